The number of aliphatic hydroxyl groups is 1. The number of nitrogens with two attached hydrogens (primary N) is 2. The number of allylic oxidation sites excluding steroid dienone is 3. The second-order valence-corrected chi connectivity index (χ2v) is 7.25. The molecule has 8 heteroatoms. The van der Waals surface area contributed by atoms with Gasteiger partial charge in [-0.2, -0.15) is 0 Å². The number of aliphatic hydroxyl groups excluding tert-OH is 1. The van der Waals surface area contributed by atoms with Gasteiger partial charge >= 0.3 is 0 Å². The van der Waals surface area contributed by atoms with Gasteiger partial charge in [0.05, 0.1) is 23.6 Å². The molecule has 5 N–H and O–H groups in total. The van der Waals surface area contributed by atoms with Crippen molar-refractivity contribution in [1.82, 2.24) is 15.0 Å². The van der Waals surface area contributed by atoms with E-state index in [1.807, 2.05) is 41.5 Å². The normalized spacial score (nSPS) is 12.4. The van der Waals surface area contributed by atoms with Gasteiger partial charge in [-0.1, -0.05) is 47.6 Å². The SMILES string of the molecule is CC.CC.CCC(/C=C(\N)c1c(F)cccc1F)=C(/N)C(C)c1ccnc(-c2ccnc(CO)c2)n1. The molecule has 1 atom stereocenters. The highest BCUT2D eigenvalue weighted by atomic mass is 19.1. The van der Waals surface area contributed by atoms with Crippen LogP contribution in [0.15, 0.2) is 66.1 Å². The fourth-order valence-electron chi connectivity index (χ4n) is 3.32. The van der Waals surface area contributed by atoms with Crippen LogP contribution in [0.3, 0.4) is 0 Å². The average Bonchev–Trinajstić information content (AvgIpc) is 2.93. The molecule has 0 amide bonds. The molecule has 3 rings (SSSR count). The zero-order valence-corrected chi connectivity index (χ0v) is 21.9. The standard InChI is InChI=1S/C24H25F2N5O.2C2H6/c1-3-15(12-20(27)22-18(25)5-4-6-19(22)26)23(28)14(2)21-8-10-30-24(31-21)16-7-9-29-17(11-16)13-32;2*1-2/h4-12,14,32H,3,13,27-28H2,1-2H3;2*1-2H3/b20-12-,23-15-;;. The molecule has 0 saturated carbocycles. The summed E-state index contributed by atoms with van der Waals surface area (Å²) >= 11 is 0. The summed E-state index contributed by atoms with van der Waals surface area (Å²) in [5, 5.41) is 9.31. The molecule has 1 aromatic carbocycles. The van der Waals surface area contributed by atoms with Crippen LogP contribution in [0, 0.1) is 11.6 Å². The number of nitrogens with zero attached hydrogens (tertiary/aromatic N) is 3. The molecule has 0 fully saturated rings. The third kappa shape index (κ3) is 7.68. The van der Waals surface area contributed by atoms with Crippen LogP contribution in [0.25, 0.3) is 17.1 Å². The zero-order chi connectivity index (χ0) is 27.3. The van der Waals surface area contributed by atoms with E-state index in [2.05, 4.69) is 15.0 Å². The van der Waals surface area contributed by atoms with Gasteiger partial charge in [-0.25, -0.2) is 18.7 Å². The van der Waals surface area contributed by atoms with E-state index in [4.69, 9.17) is 11.5 Å². The zero-order valence-electron chi connectivity index (χ0n) is 21.9. The van der Waals surface area contributed by atoms with E-state index in [0.29, 0.717) is 34.9 Å². The Balaban J connectivity index is 0.00000154. The molecule has 194 valence electrons. The van der Waals surface area contributed by atoms with Crippen molar-refractivity contribution < 1.29 is 13.9 Å². The van der Waals surface area contributed by atoms with Gasteiger partial charge in [-0.15, -0.1) is 0 Å². The summed E-state index contributed by atoms with van der Waals surface area (Å²) in [5.41, 5.74) is 15.2. The number of rotatable bonds is 7. The first-order valence-corrected chi connectivity index (χ1v) is 12.1. The highest BCUT2D eigenvalue weighted by Crippen LogP contribution is 2.27. The van der Waals surface area contributed by atoms with Gasteiger partial charge < -0.3 is 16.6 Å². The molecule has 6 nitrogen and oxygen atoms in total. The lowest BCUT2D eigenvalue weighted by Gasteiger charge is -2.16. The van der Waals surface area contributed by atoms with Crippen molar-refractivity contribution in [2.75, 3.05) is 0 Å². The van der Waals surface area contributed by atoms with Crippen LogP contribution in [0.1, 0.15) is 70.8 Å². The molecule has 0 aliphatic carbocycles. The van der Waals surface area contributed by atoms with Gasteiger partial charge in [0.2, 0.25) is 0 Å². The van der Waals surface area contributed by atoms with Crippen molar-refractivity contribution >= 4 is 5.70 Å². The van der Waals surface area contributed by atoms with E-state index >= 15 is 0 Å². The average molecular weight is 498 g/mol. The summed E-state index contributed by atoms with van der Waals surface area (Å²) in [5.74, 6) is -1.30. The minimum Gasteiger partial charge on any atom is -0.401 e. The van der Waals surface area contributed by atoms with Crippen LogP contribution in [-0.2, 0) is 6.61 Å². The Morgan fingerprint density at radius 3 is 2.19 bits per heavy atom. The van der Waals surface area contributed by atoms with Crippen molar-refractivity contribution in [2.24, 2.45) is 11.5 Å². The first-order valence-electron chi connectivity index (χ1n) is 12.1. The number of hydrogen-bond acceptors (Lipinski definition) is 6. The summed E-state index contributed by atoms with van der Waals surface area (Å²) in [7, 11) is 0. The highest BCUT2D eigenvalue weighted by Gasteiger charge is 2.17. The lowest BCUT2D eigenvalue weighted by atomic mass is 9.96. The number of benzene rings is 1. The second kappa shape index (κ2) is 15.4. The maximum absolute atomic E-state index is 14.1. The Labute approximate surface area is 212 Å². The lowest BCUT2D eigenvalue weighted by Crippen LogP contribution is -2.13. The molecular weight excluding hydrogens is 460 g/mol. The predicted octanol–water partition coefficient (Wildman–Crippen LogP) is 6.09. The van der Waals surface area contributed by atoms with Gasteiger partial charge in [-0.3, -0.25) is 4.98 Å². The van der Waals surface area contributed by atoms with Crippen LogP contribution in [-0.4, -0.2) is 20.1 Å². The molecule has 36 heavy (non-hydrogen) atoms. The Morgan fingerprint density at radius 1 is 1.00 bits per heavy atom. The molecule has 3 aromatic rings. The minimum absolute atomic E-state index is 0.0377. The maximum Gasteiger partial charge on any atom is 0.159 e. The van der Waals surface area contributed by atoms with E-state index in [-0.39, 0.29) is 23.8 Å². The molecule has 0 aliphatic rings. The number of halogens is 2. The molecular formula is C28H37F2N5O. The van der Waals surface area contributed by atoms with Crippen LogP contribution in [0.4, 0.5) is 8.78 Å². The summed E-state index contributed by atoms with van der Waals surface area (Å²) in [6.07, 6.45) is 5.23. The van der Waals surface area contributed by atoms with Crippen molar-refractivity contribution in [3.8, 4) is 11.4 Å². The molecule has 2 heterocycles. The summed E-state index contributed by atoms with van der Waals surface area (Å²) < 4.78 is 28.2. The number of hydrogen-bond donors (Lipinski definition) is 3. The van der Waals surface area contributed by atoms with E-state index in [0.717, 1.165) is 17.7 Å². The summed E-state index contributed by atoms with van der Waals surface area (Å²) in [6, 6.07) is 8.83. The Morgan fingerprint density at radius 2 is 1.61 bits per heavy atom. The van der Waals surface area contributed by atoms with Gasteiger partial charge in [0.1, 0.15) is 11.6 Å². The van der Waals surface area contributed by atoms with Crippen molar-refractivity contribution in [2.45, 2.75) is 60.5 Å². The Hall–Kier alpha value is -3.65. The number of aromatic nitrogens is 3. The van der Waals surface area contributed by atoms with Crippen molar-refractivity contribution in [3.05, 3.63) is 94.7 Å². The Bertz CT molecular complexity index is 1160. The molecule has 0 radical (unpaired) electrons. The summed E-state index contributed by atoms with van der Waals surface area (Å²) in [4.78, 5) is 13.0. The topological polar surface area (TPSA) is 111 Å². The van der Waals surface area contributed by atoms with Crippen molar-refractivity contribution in [1.29, 1.82) is 0 Å². The third-order valence-corrected chi connectivity index (χ3v) is 5.16. The minimum atomic E-state index is -0.735. The maximum atomic E-state index is 14.1. The van der Waals surface area contributed by atoms with Crippen LogP contribution < -0.4 is 11.5 Å². The van der Waals surface area contributed by atoms with E-state index in [1.54, 1.807) is 30.6 Å². The monoisotopic (exact) mass is 497 g/mol. The molecule has 2 aromatic heterocycles. The van der Waals surface area contributed by atoms with Gasteiger partial charge in [-0.05, 0) is 48.4 Å². The fourth-order valence-corrected chi connectivity index (χ4v) is 3.32. The summed E-state index contributed by atoms with van der Waals surface area (Å²) in [6.45, 7) is 11.6. The number of pyridine rings is 1. The first-order chi connectivity index (χ1) is 17.3. The predicted molar refractivity (Wildman–Crippen MR) is 142 cm³/mol. The Kier molecular flexibility index (Phi) is 13.0. The smallest absolute Gasteiger partial charge is 0.159 e. The second-order valence-electron chi connectivity index (χ2n) is 7.25. The lowest BCUT2D eigenvalue weighted by molar-refractivity contribution is 0.277. The van der Waals surface area contributed by atoms with Gasteiger partial charge in [0.15, 0.2) is 5.82 Å². The molecule has 0 saturated heterocycles. The van der Waals surface area contributed by atoms with Gasteiger partial charge in [0, 0.05) is 35.3 Å². The van der Waals surface area contributed by atoms with E-state index < -0.39 is 11.6 Å². The third-order valence-electron chi connectivity index (χ3n) is 5.16. The first kappa shape index (κ1) is 30.4. The molecule has 1 unspecified atom stereocenters. The highest BCUT2D eigenvalue weighted by molar-refractivity contribution is 5.66. The molecule has 0 bridgehead atoms. The van der Waals surface area contributed by atoms with Gasteiger partial charge in [0.25, 0.3) is 0 Å². The largest absolute Gasteiger partial charge is 0.401 e. The van der Waals surface area contributed by atoms with E-state index in [1.165, 1.54) is 12.1 Å². The van der Waals surface area contributed by atoms with Crippen LogP contribution in [0.5, 0.6) is 0 Å². The van der Waals surface area contributed by atoms with E-state index in [9.17, 15) is 13.9 Å². The van der Waals surface area contributed by atoms with Crippen molar-refractivity contribution in [3.63, 3.8) is 0 Å². The molecule has 0 spiro atoms. The quantitative estimate of drug-likeness (QED) is 0.341. The van der Waals surface area contributed by atoms with Crippen LogP contribution >= 0.6 is 0 Å². The molecule has 0 aliphatic heterocycles. The van der Waals surface area contributed by atoms with Crippen LogP contribution in [0.2, 0.25) is 0 Å². The fraction of sp³-hybridized carbons (Fsp3) is 0.321.